The van der Waals surface area contributed by atoms with Crippen LogP contribution < -0.4 is 0 Å². The minimum Gasteiger partial charge on any atom is -0.370 e. The van der Waals surface area contributed by atoms with Crippen LogP contribution in [-0.4, -0.2) is 18.5 Å². The summed E-state index contributed by atoms with van der Waals surface area (Å²) in [5, 5.41) is 0. The van der Waals surface area contributed by atoms with E-state index in [1.807, 2.05) is 18.2 Å². The number of ether oxygens (including phenoxy) is 1. The predicted octanol–water partition coefficient (Wildman–Crippen LogP) is 4.08. The molecule has 2 rings (SSSR count). The molecule has 1 saturated carbocycles. The average Bonchev–Trinajstić information content (AvgIpc) is 2.42. The molecule has 0 radical (unpaired) electrons. The van der Waals surface area contributed by atoms with E-state index in [-0.39, 0.29) is 5.78 Å². The molecule has 0 N–H and O–H groups in total. The van der Waals surface area contributed by atoms with Gasteiger partial charge in [0.25, 0.3) is 0 Å². The second-order valence-corrected chi connectivity index (χ2v) is 6.01. The van der Waals surface area contributed by atoms with Gasteiger partial charge >= 0.3 is 0 Å². The molecule has 1 aromatic carbocycles. The number of Topliss-reactive ketones (excluding diaryl/α,β-unsaturated/α-hetero) is 1. The molecule has 0 unspecified atom stereocenters. The molecular weight excluding hydrogens is 236 g/mol. The molecule has 1 aromatic rings. The average molecular weight is 260 g/mol. The third kappa shape index (κ3) is 2.74. The van der Waals surface area contributed by atoms with Crippen molar-refractivity contribution >= 4 is 5.78 Å². The van der Waals surface area contributed by atoms with Crippen LogP contribution in [0.3, 0.4) is 0 Å². The summed E-state index contributed by atoms with van der Waals surface area (Å²) < 4.78 is 5.66. The van der Waals surface area contributed by atoms with E-state index < -0.39 is 5.60 Å². The molecule has 1 fully saturated rings. The normalized spacial score (nSPS) is 27.3. The second kappa shape index (κ2) is 5.46. The summed E-state index contributed by atoms with van der Waals surface area (Å²) in [6.07, 6.45) is 3.84. The van der Waals surface area contributed by atoms with Crippen LogP contribution in [0.1, 0.15) is 54.1 Å². The van der Waals surface area contributed by atoms with E-state index in [2.05, 4.69) is 20.8 Å². The Morgan fingerprint density at radius 1 is 1.21 bits per heavy atom. The highest BCUT2D eigenvalue weighted by molar-refractivity contribution is 6.02. The van der Waals surface area contributed by atoms with Crippen LogP contribution in [0.2, 0.25) is 0 Å². The van der Waals surface area contributed by atoms with Crippen molar-refractivity contribution in [1.29, 1.82) is 0 Å². The lowest BCUT2D eigenvalue weighted by Gasteiger charge is -2.37. The van der Waals surface area contributed by atoms with Crippen molar-refractivity contribution in [3.05, 3.63) is 34.9 Å². The number of methoxy groups -OCH3 is 1. The van der Waals surface area contributed by atoms with Gasteiger partial charge in [0.05, 0.1) is 0 Å². The maximum absolute atomic E-state index is 12.8. The molecule has 0 aliphatic heterocycles. The summed E-state index contributed by atoms with van der Waals surface area (Å²) in [6, 6.07) is 5.96. The molecule has 0 aromatic heterocycles. The smallest absolute Gasteiger partial charge is 0.194 e. The van der Waals surface area contributed by atoms with Crippen molar-refractivity contribution < 1.29 is 9.53 Å². The molecule has 104 valence electrons. The van der Waals surface area contributed by atoms with Crippen LogP contribution in [0, 0.1) is 19.8 Å². The van der Waals surface area contributed by atoms with Gasteiger partial charge < -0.3 is 4.74 Å². The Balaban J connectivity index is 2.28. The molecular formula is C17H24O2. The molecule has 1 aliphatic carbocycles. The molecule has 2 heteroatoms. The summed E-state index contributed by atoms with van der Waals surface area (Å²) in [7, 11) is 1.68. The van der Waals surface area contributed by atoms with Crippen LogP contribution in [0.4, 0.5) is 0 Å². The van der Waals surface area contributed by atoms with Gasteiger partial charge in [-0.2, -0.15) is 0 Å². The van der Waals surface area contributed by atoms with E-state index in [0.717, 1.165) is 31.2 Å². The van der Waals surface area contributed by atoms with Crippen LogP contribution in [0.25, 0.3) is 0 Å². The van der Waals surface area contributed by atoms with Crippen molar-refractivity contribution in [1.82, 2.24) is 0 Å². The van der Waals surface area contributed by atoms with E-state index in [1.165, 1.54) is 11.1 Å². The number of hydrogen-bond acceptors (Lipinski definition) is 2. The topological polar surface area (TPSA) is 26.3 Å². The summed E-state index contributed by atoms with van der Waals surface area (Å²) in [4.78, 5) is 12.8. The zero-order valence-electron chi connectivity index (χ0n) is 12.5. The van der Waals surface area contributed by atoms with Crippen LogP contribution in [-0.2, 0) is 4.74 Å². The minimum atomic E-state index is -0.589. The van der Waals surface area contributed by atoms with Gasteiger partial charge in [0.15, 0.2) is 5.78 Å². The fourth-order valence-electron chi connectivity index (χ4n) is 2.90. The number of carbonyl (C=O) groups excluding carboxylic acids is 1. The maximum Gasteiger partial charge on any atom is 0.194 e. The lowest BCUT2D eigenvalue weighted by molar-refractivity contribution is -0.0263. The number of aryl methyl sites for hydroxylation is 2. The first-order valence-electron chi connectivity index (χ1n) is 7.16. The highest BCUT2D eigenvalue weighted by Crippen LogP contribution is 2.37. The van der Waals surface area contributed by atoms with Gasteiger partial charge in [0.1, 0.15) is 5.60 Å². The molecule has 1 aliphatic rings. The Bertz CT molecular complexity index is 468. The lowest BCUT2D eigenvalue weighted by Crippen LogP contribution is -2.43. The Morgan fingerprint density at radius 3 is 2.37 bits per heavy atom. The number of hydrogen-bond donors (Lipinski definition) is 0. The maximum atomic E-state index is 12.8. The first-order chi connectivity index (χ1) is 8.98. The van der Waals surface area contributed by atoms with E-state index in [9.17, 15) is 4.79 Å². The Labute approximate surface area is 116 Å². The number of ketones is 1. The largest absolute Gasteiger partial charge is 0.370 e. The van der Waals surface area contributed by atoms with Gasteiger partial charge in [-0.05, 0) is 62.6 Å². The summed E-state index contributed by atoms with van der Waals surface area (Å²) in [5.74, 6) is 0.862. The van der Waals surface area contributed by atoms with Crippen molar-refractivity contribution in [3.8, 4) is 0 Å². The van der Waals surface area contributed by atoms with Gasteiger partial charge in [0, 0.05) is 12.7 Å². The lowest BCUT2D eigenvalue weighted by atomic mass is 9.75. The Kier molecular flexibility index (Phi) is 4.10. The van der Waals surface area contributed by atoms with Gasteiger partial charge in [-0.25, -0.2) is 0 Å². The molecule has 0 atom stereocenters. The highest BCUT2D eigenvalue weighted by atomic mass is 16.5. The Morgan fingerprint density at radius 2 is 1.84 bits per heavy atom. The minimum absolute atomic E-state index is 0.157. The second-order valence-electron chi connectivity index (χ2n) is 6.01. The van der Waals surface area contributed by atoms with Gasteiger partial charge in [0.2, 0.25) is 0 Å². The third-order valence-electron chi connectivity index (χ3n) is 4.66. The predicted molar refractivity (Wildman–Crippen MR) is 77.6 cm³/mol. The Hall–Kier alpha value is -1.15. The number of benzene rings is 1. The third-order valence-corrected chi connectivity index (χ3v) is 4.66. The fraction of sp³-hybridized carbons (Fsp3) is 0.588. The van der Waals surface area contributed by atoms with E-state index in [0.29, 0.717) is 5.92 Å². The number of rotatable bonds is 3. The van der Waals surface area contributed by atoms with Gasteiger partial charge in [-0.3, -0.25) is 4.79 Å². The fourth-order valence-corrected chi connectivity index (χ4v) is 2.90. The molecule has 2 nitrogen and oxygen atoms in total. The van der Waals surface area contributed by atoms with Gasteiger partial charge in [-0.15, -0.1) is 0 Å². The van der Waals surface area contributed by atoms with Crippen molar-refractivity contribution in [2.24, 2.45) is 5.92 Å². The zero-order valence-corrected chi connectivity index (χ0v) is 12.5. The molecule has 0 heterocycles. The molecule has 0 spiro atoms. The van der Waals surface area contributed by atoms with Crippen LogP contribution in [0.15, 0.2) is 18.2 Å². The monoisotopic (exact) mass is 260 g/mol. The van der Waals surface area contributed by atoms with E-state index >= 15 is 0 Å². The van der Waals surface area contributed by atoms with Crippen LogP contribution in [0.5, 0.6) is 0 Å². The summed E-state index contributed by atoms with van der Waals surface area (Å²) in [6.45, 7) is 6.37. The standard InChI is InChI=1S/C17H24O2/c1-12-7-9-17(19-4,10-8-12)16(18)15-6-5-13(2)14(3)11-15/h5-6,11-12H,7-10H2,1-4H3. The SMILES string of the molecule is COC1(C(=O)c2ccc(C)c(C)c2)CCC(C)CC1. The quantitative estimate of drug-likeness (QED) is 0.765. The van der Waals surface area contributed by atoms with E-state index in [1.54, 1.807) is 7.11 Å². The summed E-state index contributed by atoms with van der Waals surface area (Å²) >= 11 is 0. The van der Waals surface area contributed by atoms with E-state index in [4.69, 9.17) is 4.74 Å². The molecule has 0 saturated heterocycles. The molecule has 0 bridgehead atoms. The number of carbonyl (C=O) groups is 1. The van der Waals surface area contributed by atoms with Crippen molar-refractivity contribution in [3.63, 3.8) is 0 Å². The molecule has 0 amide bonds. The first kappa shape index (κ1) is 14.3. The van der Waals surface area contributed by atoms with Crippen molar-refractivity contribution in [2.75, 3.05) is 7.11 Å². The highest BCUT2D eigenvalue weighted by Gasteiger charge is 2.41. The first-order valence-corrected chi connectivity index (χ1v) is 7.16. The van der Waals surface area contributed by atoms with Crippen molar-refractivity contribution in [2.45, 2.75) is 52.1 Å². The van der Waals surface area contributed by atoms with Gasteiger partial charge in [-0.1, -0.05) is 19.1 Å². The zero-order chi connectivity index (χ0) is 14.0. The van der Waals surface area contributed by atoms with Crippen LogP contribution >= 0.6 is 0 Å². The molecule has 19 heavy (non-hydrogen) atoms. The summed E-state index contributed by atoms with van der Waals surface area (Å²) in [5.41, 5.74) is 2.59.